The molecule has 10 heteroatoms. The van der Waals surface area contributed by atoms with Crippen molar-refractivity contribution in [3.8, 4) is 0 Å². The minimum atomic E-state index is -4.37. The molecule has 0 aliphatic heterocycles. The molecule has 56 heavy (non-hydrogen) atoms. The highest BCUT2D eigenvalue weighted by Gasteiger charge is 2.26. The average molecular weight is 804 g/mol. The Balaban J connectivity index is 4.39. The molecule has 9 nitrogen and oxygen atoms in total. The van der Waals surface area contributed by atoms with E-state index >= 15 is 0 Å². The number of rotatable bonds is 39. The predicted octanol–water partition coefficient (Wildman–Crippen LogP) is 12.3. The van der Waals surface area contributed by atoms with Gasteiger partial charge < -0.3 is 19.7 Å². The smallest absolute Gasteiger partial charge is 0.462 e. The van der Waals surface area contributed by atoms with Gasteiger partial charge in [0.15, 0.2) is 6.10 Å². The fourth-order valence-corrected chi connectivity index (χ4v) is 5.94. The van der Waals surface area contributed by atoms with Crippen LogP contribution in [0.4, 0.5) is 0 Å². The van der Waals surface area contributed by atoms with Crippen LogP contribution in [-0.4, -0.2) is 56.3 Å². The summed E-state index contributed by atoms with van der Waals surface area (Å²) in [4.78, 5) is 35.0. The Labute approximate surface area is 341 Å². The maximum atomic E-state index is 12.6. The van der Waals surface area contributed by atoms with Crippen molar-refractivity contribution in [2.75, 3.05) is 33.4 Å². The zero-order valence-corrected chi connectivity index (χ0v) is 36.2. The molecule has 2 atom stereocenters. The molecule has 0 aromatic heterocycles. The van der Waals surface area contributed by atoms with Gasteiger partial charge in [-0.2, -0.15) is 0 Å². The fourth-order valence-electron chi connectivity index (χ4n) is 5.19. The summed E-state index contributed by atoms with van der Waals surface area (Å²) in [7, 11) is -2.68. The van der Waals surface area contributed by atoms with E-state index in [9.17, 15) is 19.0 Å². The number of nitrogens with one attached hydrogen (secondary N) is 1. The maximum Gasteiger partial charge on any atom is 0.472 e. The van der Waals surface area contributed by atoms with Crippen LogP contribution >= 0.6 is 7.82 Å². The van der Waals surface area contributed by atoms with Crippen molar-refractivity contribution in [2.45, 2.75) is 161 Å². The number of esters is 2. The lowest BCUT2D eigenvalue weighted by atomic mass is 10.1. The molecule has 0 fully saturated rings. The summed E-state index contributed by atoms with van der Waals surface area (Å²) in [6, 6.07) is 0. The van der Waals surface area contributed by atoms with Gasteiger partial charge in [0.05, 0.1) is 13.2 Å². The van der Waals surface area contributed by atoms with Crippen molar-refractivity contribution in [1.29, 1.82) is 0 Å². The second-order valence-electron chi connectivity index (χ2n) is 13.8. The second kappa shape index (κ2) is 41.8. The van der Waals surface area contributed by atoms with Crippen LogP contribution in [0, 0.1) is 0 Å². The maximum absolute atomic E-state index is 12.6. The van der Waals surface area contributed by atoms with E-state index < -0.39 is 32.5 Å². The van der Waals surface area contributed by atoms with Gasteiger partial charge in [-0.1, -0.05) is 131 Å². The van der Waals surface area contributed by atoms with Crippen LogP contribution in [-0.2, 0) is 32.7 Å². The van der Waals surface area contributed by atoms with E-state index in [2.05, 4.69) is 104 Å². The third-order valence-corrected chi connectivity index (χ3v) is 9.47. The van der Waals surface area contributed by atoms with Gasteiger partial charge in [-0.15, -0.1) is 0 Å². The summed E-state index contributed by atoms with van der Waals surface area (Å²) in [6.45, 7) is 4.06. The Kier molecular flexibility index (Phi) is 39.7. The largest absolute Gasteiger partial charge is 0.472 e. The summed E-state index contributed by atoms with van der Waals surface area (Å²) >= 11 is 0. The standard InChI is InChI=1S/C46H78NO8P/c1-4-6-8-10-12-14-16-18-20-21-22-23-25-27-29-31-33-35-37-39-46(49)55-44(43-54-56(50,51)53-41-40-47-3)42-52-45(48)38-36-34-32-30-28-26-24-19-17-15-13-11-9-7-5-2/h12-15,18-20,22-24,27-30,44,47H,4-11,16-17,21,25-26,31-43H2,1-3H3,(H,50,51)/b14-12-,15-13-,20-18-,23-22-,24-19-,29-27-,30-28-. The molecule has 320 valence electrons. The summed E-state index contributed by atoms with van der Waals surface area (Å²) in [5.41, 5.74) is 0. The lowest BCUT2D eigenvalue weighted by Gasteiger charge is -2.20. The molecule has 0 saturated carbocycles. The van der Waals surface area contributed by atoms with Crippen LogP contribution in [0.3, 0.4) is 0 Å². The van der Waals surface area contributed by atoms with Crippen molar-refractivity contribution < 1.29 is 37.6 Å². The van der Waals surface area contributed by atoms with Crippen molar-refractivity contribution in [3.63, 3.8) is 0 Å². The number of ether oxygens (including phenoxy) is 2. The molecule has 0 aromatic carbocycles. The van der Waals surface area contributed by atoms with Crippen LogP contribution in [0.5, 0.6) is 0 Å². The molecule has 0 rings (SSSR count). The van der Waals surface area contributed by atoms with E-state index in [0.29, 0.717) is 19.4 Å². The van der Waals surface area contributed by atoms with Crippen molar-refractivity contribution >= 4 is 19.8 Å². The van der Waals surface area contributed by atoms with Gasteiger partial charge in [0, 0.05) is 19.4 Å². The van der Waals surface area contributed by atoms with Gasteiger partial charge >= 0.3 is 19.8 Å². The Hall–Kier alpha value is -2.81. The number of allylic oxidation sites excluding steroid dienone is 14. The van der Waals surface area contributed by atoms with Crippen LogP contribution in [0.25, 0.3) is 0 Å². The van der Waals surface area contributed by atoms with Gasteiger partial charge in [-0.3, -0.25) is 18.6 Å². The zero-order chi connectivity index (χ0) is 41.1. The minimum Gasteiger partial charge on any atom is -0.462 e. The molecule has 0 aromatic rings. The fraction of sp³-hybridized carbons (Fsp3) is 0.652. The molecular weight excluding hydrogens is 725 g/mol. The van der Waals surface area contributed by atoms with Crippen molar-refractivity contribution in [3.05, 3.63) is 85.1 Å². The molecule has 0 radical (unpaired) electrons. The minimum absolute atomic E-state index is 0.0342. The number of unbranched alkanes of at least 4 members (excludes halogenated alkanes) is 11. The molecule has 2 unspecified atom stereocenters. The lowest BCUT2D eigenvalue weighted by Crippen LogP contribution is -2.29. The molecule has 0 aliphatic rings. The van der Waals surface area contributed by atoms with E-state index in [4.69, 9.17) is 18.5 Å². The molecule has 0 amide bonds. The number of carbonyl (C=O) groups excluding carboxylic acids is 2. The highest BCUT2D eigenvalue weighted by Crippen LogP contribution is 2.43. The molecule has 0 bridgehead atoms. The Morgan fingerprint density at radius 3 is 1.43 bits per heavy atom. The first-order chi connectivity index (χ1) is 27.3. The highest BCUT2D eigenvalue weighted by molar-refractivity contribution is 7.47. The quantitative estimate of drug-likeness (QED) is 0.0271. The van der Waals surface area contributed by atoms with Gasteiger partial charge in [0.1, 0.15) is 6.61 Å². The number of carbonyl (C=O) groups is 2. The van der Waals surface area contributed by atoms with Crippen molar-refractivity contribution in [2.24, 2.45) is 0 Å². The summed E-state index contributed by atoms with van der Waals surface area (Å²) < 4.78 is 33.1. The molecule has 0 spiro atoms. The Bertz CT molecular complexity index is 1190. The number of phosphoric acid groups is 1. The van der Waals surface area contributed by atoms with Crippen LogP contribution in [0.1, 0.15) is 155 Å². The van der Waals surface area contributed by atoms with E-state index in [1.807, 2.05) is 0 Å². The number of hydrogen-bond donors (Lipinski definition) is 2. The first kappa shape index (κ1) is 53.2. The second-order valence-corrected chi connectivity index (χ2v) is 15.3. The normalized spacial score (nSPS) is 14.1. The SMILES string of the molecule is CCCCC/C=C\C/C=C\C/C=C\C/C=C\CCCCCC(=O)OC(COC(=O)CCCC/C=C\C/C=C\C/C=C\CCCCC)COP(=O)(O)OCCNC. The number of phosphoric ester groups is 1. The summed E-state index contributed by atoms with van der Waals surface area (Å²) in [6.07, 6.45) is 50.6. The highest BCUT2D eigenvalue weighted by atomic mass is 31.2. The third kappa shape index (κ3) is 40.8. The first-order valence-corrected chi connectivity index (χ1v) is 23.0. The lowest BCUT2D eigenvalue weighted by molar-refractivity contribution is -0.161. The van der Waals surface area contributed by atoms with Crippen LogP contribution < -0.4 is 5.32 Å². The number of hydrogen-bond acceptors (Lipinski definition) is 8. The van der Waals surface area contributed by atoms with Crippen molar-refractivity contribution in [1.82, 2.24) is 5.32 Å². The molecule has 0 saturated heterocycles. The summed E-state index contributed by atoms with van der Waals surface area (Å²) in [5.74, 6) is -0.897. The topological polar surface area (TPSA) is 120 Å². The van der Waals surface area contributed by atoms with Crippen LogP contribution in [0.15, 0.2) is 85.1 Å². The summed E-state index contributed by atoms with van der Waals surface area (Å²) in [5, 5.41) is 2.81. The molecular formula is C46H78NO8P. The first-order valence-electron chi connectivity index (χ1n) is 21.5. The molecule has 2 N–H and O–H groups in total. The van der Waals surface area contributed by atoms with Gasteiger partial charge in [-0.25, -0.2) is 4.57 Å². The van der Waals surface area contributed by atoms with Gasteiger partial charge in [-0.05, 0) is 103 Å². The Morgan fingerprint density at radius 2 is 0.964 bits per heavy atom. The monoisotopic (exact) mass is 804 g/mol. The van der Waals surface area contributed by atoms with E-state index in [1.165, 1.54) is 44.9 Å². The molecule has 0 heterocycles. The number of likely N-dealkylation sites (N-methyl/N-ethyl adjacent to an activating group) is 1. The van der Waals surface area contributed by atoms with Gasteiger partial charge in [0.2, 0.25) is 0 Å². The van der Waals surface area contributed by atoms with E-state index in [1.54, 1.807) is 7.05 Å². The van der Waals surface area contributed by atoms with Crippen LogP contribution in [0.2, 0.25) is 0 Å². The molecule has 0 aliphatic carbocycles. The van der Waals surface area contributed by atoms with Gasteiger partial charge in [0.25, 0.3) is 0 Å². The van der Waals surface area contributed by atoms with E-state index in [-0.39, 0.29) is 26.1 Å². The zero-order valence-electron chi connectivity index (χ0n) is 35.3. The predicted molar refractivity (Wildman–Crippen MR) is 233 cm³/mol. The third-order valence-electron chi connectivity index (χ3n) is 8.49. The average Bonchev–Trinajstić information content (AvgIpc) is 3.18. The Morgan fingerprint density at radius 1 is 0.554 bits per heavy atom. The van der Waals surface area contributed by atoms with E-state index in [0.717, 1.165) is 70.6 Å².